The molecule has 7 nitrogen and oxygen atoms in total. The van der Waals surface area contributed by atoms with Gasteiger partial charge in [0.05, 0.1) is 12.1 Å². The number of hydrogen-bond donors (Lipinski definition) is 1. The molecule has 3 rings (SSSR count). The Bertz CT molecular complexity index is 968. The van der Waals surface area contributed by atoms with Gasteiger partial charge in [-0.2, -0.15) is 0 Å². The van der Waals surface area contributed by atoms with Crippen LogP contribution < -0.4 is 5.32 Å². The molecule has 1 heterocycles. The summed E-state index contributed by atoms with van der Waals surface area (Å²) in [5.41, 5.74) is 5.04. The number of nitrogens with zero attached hydrogens (tertiary/aromatic N) is 2. The van der Waals surface area contributed by atoms with E-state index in [0.717, 1.165) is 41.0 Å². The predicted octanol–water partition coefficient (Wildman–Crippen LogP) is 3.31. The van der Waals surface area contributed by atoms with E-state index in [1.165, 1.54) is 11.9 Å². The Morgan fingerprint density at radius 1 is 1.13 bits per heavy atom. The van der Waals surface area contributed by atoms with Gasteiger partial charge in [0, 0.05) is 30.2 Å². The van der Waals surface area contributed by atoms with Gasteiger partial charge in [-0.15, -0.1) is 0 Å². The number of carbonyl (C=O) groups is 3. The Hall–Kier alpha value is -3.09. The smallest absolute Gasteiger partial charge is 0.340 e. The summed E-state index contributed by atoms with van der Waals surface area (Å²) in [5.74, 6) is -1.25. The Labute approximate surface area is 177 Å². The van der Waals surface area contributed by atoms with E-state index in [-0.39, 0.29) is 12.5 Å². The number of rotatable bonds is 7. The molecule has 0 aliphatic heterocycles. The van der Waals surface area contributed by atoms with Gasteiger partial charge in [-0.25, -0.2) is 4.79 Å². The van der Waals surface area contributed by atoms with Crippen LogP contribution in [0.4, 0.5) is 5.69 Å². The minimum atomic E-state index is -0.517. The van der Waals surface area contributed by atoms with Crippen molar-refractivity contribution in [2.75, 3.05) is 25.5 Å². The average Bonchev–Trinajstić information content (AvgIpc) is 3.47. The molecule has 30 heavy (non-hydrogen) atoms. The first-order valence-electron chi connectivity index (χ1n) is 10.1. The summed E-state index contributed by atoms with van der Waals surface area (Å²) in [7, 11) is 1.51. The number of nitrogens with one attached hydrogen (secondary N) is 1. The number of esters is 1. The van der Waals surface area contributed by atoms with Crippen LogP contribution in [0.2, 0.25) is 0 Å². The second-order valence-electron chi connectivity index (χ2n) is 8.03. The molecular formula is C23H29N3O4. The van der Waals surface area contributed by atoms with Crippen LogP contribution >= 0.6 is 0 Å². The molecule has 2 aromatic rings. The number of carbonyl (C=O) groups excluding carboxylic acids is 3. The molecule has 0 spiro atoms. The van der Waals surface area contributed by atoms with E-state index >= 15 is 0 Å². The SMILES string of the molecule is Cc1cccc(C)c1NC(=O)CN(C)C(=O)COC(=O)c1cc(C)n(C2CC2)c1C. The lowest BCUT2D eigenvalue weighted by Crippen LogP contribution is -2.37. The largest absolute Gasteiger partial charge is 0.452 e. The van der Waals surface area contributed by atoms with E-state index in [4.69, 9.17) is 4.74 Å². The highest BCUT2D eigenvalue weighted by atomic mass is 16.5. The van der Waals surface area contributed by atoms with Crippen LogP contribution in [-0.4, -0.2) is 47.4 Å². The number of aryl methyl sites for hydroxylation is 3. The van der Waals surface area contributed by atoms with Gasteiger partial charge in [0.15, 0.2) is 6.61 Å². The monoisotopic (exact) mass is 411 g/mol. The maximum absolute atomic E-state index is 12.5. The molecule has 1 saturated carbocycles. The molecule has 0 saturated heterocycles. The van der Waals surface area contributed by atoms with Crippen LogP contribution in [0.25, 0.3) is 0 Å². The second-order valence-corrected chi connectivity index (χ2v) is 8.03. The van der Waals surface area contributed by atoms with Crippen LogP contribution in [0.15, 0.2) is 24.3 Å². The van der Waals surface area contributed by atoms with Crippen LogP contribution in [0, 0.1) is 27.7 Å². The van der Waals surface area contributed by atoms with Gasteiger partial charge in [-0.05, 0) is 57.7 Å². The van der Waals surface area contributed by atoms with Gasteiger partial charge < -0.3 is 19.5 Å². The van der Waals surface area contributed by atoms with Crippen LogP contribution in [-0.2, 0) is 14.3 Å². The molecule has 0 unspecified atom stereocenters. The van der Waals surface area contributed by atoms with E-state index < -0.39 is 18.5 Å². The van der Waals surface area contributed by atoms with Crippen molar-refractivity contribution in [3.63, 3.8) is 0 Å². The highest BCUT2D eigenvalue weighted by molar-refractivity contribution is 5.96. The number of aromatic nitrogens is 1. The maximum Gasteiger partial charge on any atom is 0.340 e. The van der Waals surface area contributed by atoms with Crippen molar-refractivity contribution in [2.24, 2.45) is 0 Å². The summed E-state index contributed by atoms with van der Waals surface area (Å²) in [6, 6.07) is 8.03. The van der Waals surface area contributed by atoms with Gasteiger partial charge in [0.2, 0.25) is 5.91 Å². The van der Waals surface area contributed by atoms with E-state index in [1.807, 2.05) is 52.0 Å². The molecular weight excluding hydrogens is 382 g/mol. The summed E-state index contributed by atoms with van der Waals surface area (Å²) >= 11 is 0. The van der Waals surface area contributed by atoms with Crippen molar-refractivity contribution in [3.05, 3.63) is 52.3 Å². The first-order valence-corrected chi connectivity index (χ1v) is 10.1. The van der Waals surface area contributed by atoms with E-state index in [2.05, 4.69) is 9.88 Å². The van der Waals surface area contributed by atoms with E-state index in [1.54, 1.807) is 0 Å². The number of likely N-dealkylation sites (N-methyl/N-ethyl adjacent to an activating group) is 1. The summed E-state index contributed by atoms with van der Waals surface area (Å²) in [6.45, 7) is 7.16. The standard InChI is InChI=1S/C23H29N3O4/c1-14-7-6-8-15(2)22(14)24-20(27)12-25(5)21(28)13-30-23(29)19-11-16(3)26(17(19)4)18-9-10-18/h6-8,11,18H,9-10,12-13H2,1-5H3,(H,24,27). The zero-order chi connectivity index (χ0) is 22.0. The van der Waals surface area contributed by atoms with E-state index in [0.29, 0.717) is 11.6 Å². The minimum absolute atomic E-state index is 0.125. The molecule has 160 valence electrons. The number of benzene rings is 1. The molecule has 7 heteroatoms. The van der Waals surface area contributed by atoms with Gasteiger partial charge in [0.25, 0.3) is 5.91 Å². The number of amides is 2. The lowest BCUT2D eigenvalue weighted by Gasteiger charge is -2.18. The van der Waals surface area contributed by atoms with Crippen LogP contribution in [0.1, 0.15) is 51.8 Å². The predicted molar refractivity (Wildman–Crippen MR) is 115 cm³/mol. The third-order valence-electron chi connectivity index (χ3n) is 5.50. The van der Waals surface area contributed by atoms with Crippen molar-refractivity contribution in [2.45, 2.75) is 46.6 Å². The van der Waals surface area contributed by atoms with Gasteiger partial charge in [0.1, 0.15) is 0 Å². The molecule has 0 bridgehead atoms. The molecule has 0 atom stereocenters. The topological polar surface area (TPSA) is 80.6 Å². The normalized spacial score (nSPS) is 13.1. The fourth-order valence-corrected chi connectivity index (χ4v) is 3.69. The average molecular weight is 412 g/mol. The van der Waals surface area contributed by atoms with Crippen molar-refractivity contribution < 1.29 is 19.1 Å². The van der Waals surface area contributed by atoms with Crippen LogP contribution in [0.5, 0.6) is 0 Å². The van der Waals surface area contributed by atoms with Crippen molar-refractivity contribution in [3.8, 4) is 0 Å². The molecule has 1 aliphatic carbocycles. The molecule has 2 amide bonds. The van der Waals surface area contributed by atoms with Crippen molar-refractivity contribution in [1.29, 1.82) is 0 Å². The third-order valence-corrected chi connectivity index (χ3v) is 5.50. The fourth-order valence-electron chi connectivity index (χ4n) is 3.69. The minimum Gasteiger partial charge on any atom is -0.452 e. The number of para-hydroxylation sites is 1. The second kappa shape index (κ2) is 8.73. The van der Waals surface area contributed by atoms with E-state index in [9.17, 15) is 14.4 Å². The molecule has 0 radical (unpaired) electrons. The Kier molecular flexibility index (Phi) is 6.29. The number of hydrogen-bond acceptors (Lipinski definition) is 4. The first kappa shape index (κ1) is 21.6. The lowest BCUT2D eigenvalue weighted by atomic mass is 10.1. The number of ether oxygens (including phenoxy) is 1. The number of anilines is 1. The molecule has 1 aromatic carbocycles. The zero-order valence-electron chi connectivity index (χ0n) is 18.2. The Balaban J connectivity index is 1.52. The van der Waals surface area contributed by atoms with Crippen molar-refractivity contribution in [1.82, 2.24) is 9.47 Å². The maximum atomic E-state index is 12.5. The molecule has 1 N–H and O–H groups in total. The van der Waals surface area contributed by atoms with Crippen molar-refractivity contribution >= 4 is 23.5 Å². The molecule has 1 aliphatic rings. The molecule has 1 fully saturated rings. The van der Waals surface area contributed by atoms with Gasteiger partial charge in [-0.1, -0.05) is 18.2 Å². The highest BCUT2D eigenvalue weighted by Gasteiger charge is 2.29. The fraction of sp³-hybridized carbons (Fsp3) is 0.435. The highest BCUT2D eigenvalue weighted by Crippen LogP contribution is 2.38. The first-order chi connectivity index (χ1) is 14.2. The zero-order valence-corrected chi connectivity index (χ0v) is 18.2. The third kappa shape index (κ3) is 4.72. The Morgan fingerprint density at radius 2 is 1.77 bits per heavy atom. The summed E-state index contributed by atoms with van der Waals surface area (Å²) in [6.07, 6.45) is 2.25. The van der Waals surface area contributed by atoms with Gasteiger partial charge in [-0.3, -0.25) is 9.59 Å². The van der Waals surface area contributed by atoms with Crippen LogP contribution in [0.3, 0.4) is 0 Å². The summed E-state index contributed by atoms with van der Waals surface area (Å²) in [5, 5.41) is 2.84. The molecule has 1 aromatic heterocycles. The lowest BCUT2D eigenvalue weighted by molar-refractivity contribution is -0.136. The summed E-state index contributed by atoms with van der Waals surface area (Å²) in [4.78, 5) is 38.4. The summed E-state index contributed by atoms with van der Waals surface area (Å²) < 4.78 is 7.38. The Morgan fingerprint density at radius 3 is 2.37 bits per heavy atom. The quantitative estimate of drug-likeness (QED) is 0.709. The van der Waals surface area contributed by atoms with Gasteiger partial charge >= 0.3 is 5.97 Å².